The van der Waals surface area contributed by atoms with Gasteiger partial charge in [0.15, 0.2) is 11.6 Å². The molecule has 0 bridgehead atoms. The van der Waals surface area contributed by atoms with Crippen molar-refractivity contribution in [3.63, 3.8) is 0 Å². The molecule has 0 spiro atoms. The van der Waals surface area contributed by atoms with Crippen LogP contribution in [0.15, 0.2) is 22.7 Å². The van der Waals surface area contributed by atoms with E-state index in [2.05, 4.69) is 5.16 Å². The smallest absolute Gasteiger partial charge is 0.341 e. The maximum atomic E-state index is 13.3. The van der Waals surface area contributed by atoms with Crippen molar-refractivity contribution in [2.75, 3.05) is 5.73 Å². The van der Waals surface area contributed by atoms with Crippen LogP contribution in [0.5, 0.6) is 0 Å². The quantitative estimate of drug-likeness (QED) is 0.836. The summed E-state index contributed by atoms with van der Waals surface area (Å²) in [6, 6.07) is 2.95. The second-order valence-corrected chi connectivity index (χ2v) is 3.24. The number of carboxylic acids is 1. The molecule has 0 aliphatic heterocycles. The molecule has 0 fully saturated rings. The molecule has 0 aliphatic rings. The predicted molar refractivity (Wildman–Crippen MR) is 53.2 cm³/mol. The molecule has 2 aromatic rings. The van der Waals surface area contributed by atoms with E-state index in [9.17, 15) is 13.6 Å². The van der Waals surface area contributed by atoms with Crippen LogP contribution in [0.1, 0.15) is 10.4 Å². The lowest BCUT2D eigenvalue weighted by molar-refractivity contribution is 0.0686. The number of carboxylic acid groups (broad SMARTS) is 1. The summed E-state index contributed by atoms with van der Waals surface area (Å²) in [6.07, 6.45) is 0. The highest BCUT2D eigenvalue weighted by atomic mass is 19.1. The van der Waals surface area contributed by atoms with Crippen molar-refractivity contribution < 1.29 is 23.2 Å². The first kappa shape index (κ1) is 11.1. The van der Waals surface area contributed by atoms with E-state index in [1.807, 2.05) is 0 Å². The third-order valence-corrected chi connectivity index (χ3v) is 2.07. The van der Waals surface area contributed by atoms with Crippen molar-refractivity contribution in [1.29, 1.82) is 0 Å². The van der Waals surface area contributed by atoms with Gasteiger partial charge in [-0.25, -0.2) is 13.6 Å². The molecule has 7 heteroatoms. The summed E-state index contributed by atoms with van der Waals surface area (Å²) in [7, 11) is 0. The summed E-state index contributed by atoms with van der Waals surface area (Å²) < 4.78 is 31.4. The minimum Gasteiger partial charge on any atom is -0.477 e. The predicted octanol–water partition coefficient (Wildman–Crippen LogP) is 1.90. The summed E-state index contributed by atoms with van der Waals surface area (Å²) >= 11 is 0. The summed E-state index contributed by atoms with van der Waals surface area (Å²) in [5, 5.41) is 11.9. The van der Waals surface area contributed by atoms with Gasteiger partial charge < -0.3 is 15.4 Å². The van der Waals surface area contributed by atoms with Gasteiger partial charge in [0.1, 0.15) is 17.2 Å². The number of rotatable bonds is 2. The third-order valence-electron chi connectivity index (χ3n) is 2.07. The number of hydrogen-bond acceptors (Lipinski definition) is 4. The molecule has 1 heterocycles. The Morgan fingerprint density at radius 3 is 2.29 bits per heavy atom. The van der Waals surface area contributed by atoms with Crippen LogP contribution >= 0.6 is 0 Å². The summed E-state index contributed by atoms with van der Waals surface area (Å²) in [4.78, 5) is 10.6. The summed E-state index contributed by atoms with van der Waals surface area (Å²) in [6.45, 7) is 0. The van der Waals surface area contributed by atoms with Crippen LogP contribution in [-0.2, 0) is 0 Å². The Hall–Kier alpha value is -2.44. The van der Waals surface area contributed by atoms with Crippen molar-refractivity contribution in [2.45, 2.75) is 0 Å². The van der Waals surface area contributed by atoms with Gasteiger partial charge in [0, 0.05) is 11.6 Å². The van der Waals surface area contributed by atoms with E-state index in [1.54, 1.807) is 0 Å². The first-order chi connectivity index (χ1) is 7.99. The molecule has 0 radical (unpaired) electrons. The molecule has 2 rings (SSSR count). The molecule has 0 atom stereocenters. The molecule has 17 heavy (non-hydrogen) atoms. The van der Waals surface area contributed by atoms with Crippen LogP contribution in [0.3, 0.4) is 0 Å². The Labute approximate surface area is 93.4 Å². The average Bonchev–Trinajstić information content (AvgIpc) is 2.63. The molecule has 0 amide bonds. The molecule has 1 aromatic heterocycles. The Balaban J connectivity index is 2.56. The van der Waals surface area contributed by atoms with Gasteiger partial charge in [-0.15, -0.1) is 0 Å². The summed E-state index contributed by atoms with van der Waals surface area (Å²) in [5.41, 5.74) is 4.29. The van der Waals surface area contributed by atoms with E-state index in [0.29, 0.717) is 0 Å². The lowest BCUT2D eigenvalue weighted by Gasteiger charge is -2.02. The first-order valence-corrected chi connectivity index (χ1v) is 4.44. The molecule has 0 saturated heterocycles. The van der Waals surface area contributed by atoms with Gasteiger partial charge in [-0.2, -0.15) is 0 Å². The second kappa shape index (κ2) is 3.85. The van der Waals surface area contributed by atoms with Gasteiger partial charge in [0.05, 0.1) is 0 Å². The first-order valence-electron chi connectivity index (χ1n) is 4.44. The van der Waals surface area contributed by atoms with Crippen molar-refractivity contribution in [2.24, 2.45) is 0 Å². The number of nitrogens with zero attached hydrogens (tertiary/aromatic N) is 1. The van der Waals surface area contributed by atoms with Gasteiger partial charge in [-0.1, -0.05) is 5.16 Å². The number of anilines is 1. The zero-order valence-electron chi connectivity index (χ0n) is 8.28. The highest BCUT2D eigenvalue weighted by Gasteiger charge is 2.19. The molecule has 0 unspecified atom stereocenters. The van der Waals surface area contributed by atoms with Crippen molar-refractivity contribution in [1.82, 2.24) is 5.16 Å². The third kappa shape index (κ3) is 1.94. The molecule has 1 aromatic carbocycles. The monoisotopic (exact) mass is 240 g/mol. The SMILES string of the molecule is Nc1cc(-c2cc(F)c(C(=O)O)c(F)c2)on1. The number of benzene rings is 1. The Kier molecular flexibility index (Phi) is 2.51. The van der Waals surface area contributed by atoms with Crippen LogP contribution in [-0.4, -0.2) is 16.2 Å². The standard InChI is InChI=1S/C10H6F2N2O3/c11-5-1-4(7-3-8(13)14-17-7)2-6(12)9(5)10(15)16/h1-3H,(H2,13,14)(H,15,16). The second-order valence-electron chi connectivity index (χ2n) is 3.24. The van der Waals surface area contributed by atoms with Crippen LogP contribution in [0.25, 0.3) is 11.3 Å². The lowest BCUT2D eigenvalue weighted by atomic mass is 10.1. The Morgan fingerprint density at radius 1 is 1.29 bits per heavy atom. The van der Waals surface area contributed by atoms with Gasteiger partial charge in [-0.05, 0) is 12.1 Å². The molecular formula is C10H6F2N2O3. The number of aromatic nitrogens is 1. The normalized spacial score (nSPS) is 10.5. The average molecular weight is 240 g/mol. The highest BCUT2D eigenvalue weighted by Crippen LogP contribution is 2.25. The molecule has 3 N–H and O–H groups in total. The van der Waals surface area contributed by atoms with Gasteiger partial charge in [0.2, 0.25) is 0 Å². The van der Waals surface area contributed by atoms with Crippen molar-refractivity contribution >= 4 is 11.8 Å². The van der Waals surface area contributed by atoms with E-state index in [4.69, 9.17) is 15.4 Å². The van der Waals surface area contributed by atoms with Gasteiger partial charge >= 0.3 is 5.97 Å². The minimum atomic E-state index is -1.68. The topological polar surface area (TPSA) is 89.4 Å². The highest BCUT2D eigenvalue weighted by molar-refractivity contribution is 5.89. The number of nitrogen functional groups attached to an aromatic ring is 1. The fourth-order valence-electron chi connectivity index (χ4n) is 1.34. The summed E-state index contributed by atoms with van der Waals surface area (Å²) in [5.74, 6) is -3.95. The van der Waals surface area contributed by atoms with E-state index >= 15 is 0 Å². The van der Waals surface area contributed by atoms with Crippen molar-refractivity contribution in [3.8, 4) is 11.3 Å². The van der Waals surface area contributed by atoms with Crippen molar-refractivity contribution in [3.05, 3.63) is 35.4 Å². The fraction of sp³-hybridized carbons (Fsp3) is 0. The van der Waals surface area contributed by atoms with Crippen LogP contribution in [0.4, 0.5) is 14.6 Å². The number of carbonyl (C=O) groups is 1. The van der Waals surface area contributed by atoms with E-state index in [1.165, 1.54) is 6.07 Å². The molecule has 0 saturated carbocycles. The maximum Gasteiger partial charge on any atom is 0.341 e. The number of hydrogen-bond donors (Lipinski definition) is 2. The molecule has 5 nitrogen and oxygen atoms in total. The van der Waals surface area contributed by atoms with E-state index < -0.39 is 23.2 Å². The van der Waals surface area contributed by atoms with Crippen LogP contribution in [0.2, 0.25) is 0 Å². The largest absolute Gasteiger partial charge is 0.477 e. The lowest BCUT2D eigenvalue weighted by Crippen LogP contribution is -2.04. The molecule has 0 aliphatic carbocycles. The van der Waals surface area contributed by atoms with Gasteiger partial charge in [0.25, 0.3) is 0 Å². The molecule has 88 valence electrons. The van der Waals surface area contributed by atoms with E-state index in [-0.39, 0.29) is 17.1 Å². The zero-order valence-corrected chi connectivity index (χ0v) is 8.28. The fourth-order valence-corrected chi connectivity index (χ4v) is 1.34. The van der Waals surface area contributed by atoms with Crippen LogP contribution < -0.4 is 5.73 Å². The zero-order chi connectivity index (χ0) is 12.6. The Bertz CT molecular complexity index is 572. The molecular weight excluding hydrogens is 234 g/mol. The number of nitrogens with two attached hydrogens (primary N) is 1. The minimum absolute atomic E-state index is 0.0224. The van der Waals surface area contributed by atoms with E-state index in [0.717, 1.165) is 12.1 Å². The number of aromatic carboxylic acids is 1. The maximum absolute atomic E-state index is 13.3. The van der Waals surface area contributed by atoms with Gasteiger partial charge in [-0.3, -0.25) is 0 Å². The number of halogens is 2. The van der Waals surface area contributed by atoms with Crippen LogP contribution in [0, 0.1) is 11.6 Å². The Morgan fingerprint density at radius 2 is 1.88 bits per heavy atom.